The van der Waals surface area contributed by atoms with E-state index in [1.165, 1.54) is 19.2 Å². The van der Waals surface area contributed by atoms with Crippen LogP contribution in [0.2, 0.25) is 0 Å². The number of rotatable bonds is 5. The number of benzene rings is 2. The van der Waals surface area contributed by atoms with Crippen molar-refractivity contribution in [1.29, 1.82) is 0 Å². The van der Waals surface area contributed by atoms with Gasteiger partial charge in [-0.3, -0.25) is 4.79 Å². The molecule has 0 aliphatic carbocycles. The molecule has 0 spiro atoms. The van der Waals surface area contributed by atoms with Gasteiger partial charge in [0.1, 0.15) is 0 Å². The minimum absolute atomic E-state index is 0.0538. The molecule has 0 saturated heterocycles. The molecule has 0 saturated carbocycles. The van der Waals surface area contributed by atoms with Crippen LogP contribution in [0.3, 0.4) is 0 Å². The van der Waals surface area contributed by atoms with Crippen LogP contribution in [-0.2, 0) is 11.2 Å². The molecule has 0 bridgehead atoms. The monoisotopic (exact) mass is 451 g/mol. The molecule has 0 unspecified atom stereocenters. The van der Waals surface area contributed by atoms with Crippen LogP contribution in [0.4, 0.5) is 18.9 Å². The average Bonchev–Trinajstić information content (AvgIpc) is 3.42. The lowest BCUT2D eigenvalue weighted by Crippen LogP contribution is -2.17. The molecule has 0 radical (unpaired) electrons. The number of methoxy groups -OCH3 is 1. The zero-order chi connectivity index (χ0) is 23.3. The number of anilines is 1. The van der Waals surface area contributed by atoms with Crippen LogP contribution in [0.1, 0.15) is 18.9 Å². The lowest BCUT2D eigenvalue weighted by molar-refractivity contribution is -0.275. The van der Waals surface area contributed by atoms with Crippen LogP contribution in [0.5, 0.6) is 11.5 Å². The van der Waals surface area contributed by atoms with Gasteiger partial charge in [-0.15, -0.1) is 13.2 Å². The summed E-state index contributed by atoms with van der Waals surface area (Å²) in [5.74, 6) is -0.843. The van der Waals surface area contributed by atoms with Gasteiger partial charge < -0.3 is 24.4 Å². The van der Waals surface area contributed by atoms with Crippen molar-refractivity contribution in [2.75, 3.05) is 19.0 Å². The Morgan fingerprint density at radius 3 is 2.56 bits per heavy atom. The van der Waals surface area contributed by atoms with E-state index in [-0.39, 0.29) is 23.6 Å². The first-order chi connectivity index (χ1) is 15.2. The van der Waals surface area contributed by atoms with Gasteiger partial charge in [0.15, 0.2) is 11.5 Å². The Morgan fingerprint density at radius 1 is 1.19 bits per heavy atom. The van der Waals surface area contributed by atoms with Crippen molar-refractivity contribution < 1.29 is 37.1 Å². The van der Waals surface area contributed by atoms with E-state index in [9.17, 15) is 18.0 Å². The van der Waals surface area contributed by atoms with Crippen LogP contribution in [-0.4, -0.2) is 41.2 Å². The van der Waals surface area contributed by atoms with E-state index in [1.54, 1.807) is 6.92 Å². The standard InChI is InChI=1S/C18H14F3N3O3.C3H6O2/c1-25-14-5-3-12(9-15(14)26-18(19,20)21)17-23-16(24-27-17)11-2-4-13-10(8-11)6-7-22-13;1-2-3(4)5/h2-5,8-9,22H,6-7H2,1H3;2H2,1H3,(H,4,5). The molecular formula is C21H20F3N3O5. The predicted octanol–water partition coefficient (Wildman–Crippen LogP) is 4.76. The SMILES string of the molecule is CCC(=O)O.COc1ccc(-c2nc(-c3ccc4c(c3)CCN4)no2)cc1OC(F)(F)F. The minimum atomic E-state index is -4.84. The highest BCUT2D eigenvalue weighted by atomic mass is 19.4. The number of nitrogens with one attached hydrogen (secondary N) is 1. The number of hydrogen-bond acceptors (Lipinski definition) is 7. The number of hydrogen-bond donors (Lipinski definition) is 2. The van der Waals surface area contributed by atoms with E-state index in [1.807, 2.05) is 18.2 Å². The van der Waals surface area contributed by atoms with Crippen LogP contribution in [0.15, 0.2) is 40.9 Å². The molecule has 1 aliphatic rings. The third-order valence-corrected chi connectivity index (χ3v) is 4.44. The van der Waals surface area contributed by atoms with Crippen LogP contribution >= 0.6 is 0 Å². The number of ether oxygens (including phenoxy) is 2. The maximum Gasteiger partial charge on any atom is 0.573 e. The quantitative estimate of drug-likeness (QED) is 0.572. The molecule has 1 aliphatic heterocycles. The number of carboxylic acids is 1. The maximum atomic E-state index is 12.6. The number of alkyl halides is 3. The summed E-state index contributed by atoms with van der Waals surface area (Å²) in [4.78, 5) is 13.7. The maximum absolute atomic E-state index is 12.6. The molecule has 0 fully saturated rings. The van der Waals surface area contributed by atoms with Gasteiger partial charge in [-0.2, -0.15) is 4.98 Å². The summed E-state index contributed by atoms with van der Waals surface area (Å²) in [6, 6.07) is 9.79. The van der Waals surface area contributed by atoms with Crippen molar-refractivity contribution in [1.82, 2.24) is 10.1 Å². The number of carbonyl (C=O) groups is 1. The van der Waals surface area contributed by atoms with Crippen LogP contribution < -0.4 is 14.8 Å². The van der Waals surface area contributed by atoms with Gasteiger partial charge in [0, 0.05) is 29.8 Å². The second-order valence-corrected chi connectivity index (χ2v) is 6.63. The molecule has 2 N–H and O–H groups in total. The highest BCUT2D eigenvalue weighted by Gasteiger charge is 2.33. The fourth-order valence-corrected chi connectivity index (χ4v) is 2.92. The Hall–Kier alpha value is -3.76. The highest BCUT2D eigenvalue weighted by Crippen LogP contribution is 2.36. The normalized spacial score (nSPS) is 12.3. The average molecular weight is 451 g/mol. The first-order valence-electron chi connectivity index (χ1n) is 9.57. The fourth-order valence-electron chi connectivity index (χ4n) is 2.92. The van der Waals surface area contributed by atoms with E-state index in [2.05, 4.69) is 20.2 Å². The molecule has 0 atom stereocenters. The summed E-state index contributed by atoms with van der Waals surface area (Å²) in [7, 11) is 1.26. The van der Waals surface area contributed by atoms with Crippen molar-refractivity contribution in [3.63, 3.8) is 0 Å². The predicted molar refractivity (Wildman–Crippen MR) is 109 cm³/mol. The number of halogens is 3. The molecule has 2 aromatic carbocycles. The van der Waals surface area contributed by atoms with Gasteiger partial charge in [0.2, 0.25) is 5.82 Å². The largest absolute Gasteiger partial charge is 0.573 e. The van der Waals surface area contributed by atoms with Gasteiger partial charge in [0.05, 0.1) is 7.11 Å². The third kappa shape index (κ3) is 5.68. The molecule has 0 amide bonds. The van der Waals surface area contributed by atoms with Crippen molar-refractivity contribution in [2.24, 2.45) is 0 Å². The zero-order valence-corrected chi connectivity index (χ0v) is 17.2. The van der Waals surface area contributed by atoms with Crippen molar-refractivity contribution >= 4 is 11.7 Å². The van der Waals surface area contributed by atoms with E-state index in [0.717, 1.165) is 35.8 Å². The Morgan fingerprint density at radius 2 is 1.91 bits per heavy atom. The van der Waals surface area contributed by atoms with Crippen LogP contribution in [0.25, 0.3) is 22.8 Å². The Balaban J connectivity index is 0.000000523. The van der Waals surface area contributed by atoms with Gasteiger partial charge in [-0.25, -0.2) is 0 Å². The molecule has 32 heavy (non-hydrogen) atoms. The molecule has 11 heteroatoms. The Kier molecular flexibility index (Phi) is 6.86. The van der Waals surface area contributed by atoms with E-state index in [4.69, 9.17) is 14.4 Å². The number of carboxylic acid groups (broad SMARTS) is 1. The summed E-state index contributed by atoms with van der Waals surface area (Å²) in [6.07, 6.45) is -3.71. The van der Waals surface area contributed by atoms with E-state index in [0.29, 0.717) is 5.82 Å². The highest BCUT2D eigenvalue weighted by molar-refractivity contribution is 5.67. The van der Waals surface area contributed by atoms with Gasteiger partial charge in [-0.1, -0.05) is 12.1 Å². The van der Waals surface area contributed by atoms with E-state index >= 15 is 0 Å². The summed E-state index contributed by atoms with van der Waals surface area (Å²) in [6.45, 7) is 2.48. The zero-order valence-electron chi connectivity index (χ0n) is 17.2. The van der Waals surface area contributed by atoms with Crippen molar-refractivity contribution in [3.05, 3.63) is 42.0 Å². The first-order valence-corrected chi connectivity index (χ1v) is 9.57. The van der Waals surface area contributed by atoms with Crippen LogP contribution in [0, 0.1) is 0 Å². The summed E-state index contributed by atoms with van der Waals surface area (Å²) in [5.41, 5.74) is 3.29. The van der Waals surface area contributed by atoms with Gasteiger partial charge in [0.25, 0.3) is 5.89 Å². The number of nitrogens with zero attached hydrogens (tertiary/aromatic N) is 2. The van der Waals surface area contributed by atoms with Crippen molar-refractivity contribution in [2.45, 2.75) is 26.1 Å². The lowest BCUT2D eigenvalue weighted by Gasteiger charge is -2.12. The second kappa shape index (κ2) is 9.58. The van der Waals surface area contributed by atoms with E-state index < -0.39 is 18.1 Å². The summed E-state index contributed by atoms with van der Waals surface area (Å²) < 4.78 is 51.9. The molecule has 2 heterocycles. The fraction of sp³-hybridized carbons (Fsp3) is 0.286. The number of aliphatic carboxylic acids is 1. The van der Waals surface area contributed by atoms with Gasteiger partial charge >= 0.3 is 12.3 Å². The van der Waals surface area contributed by atoms with Crippen molar-refractivity contribution in [3.8, 4) is 34.3 Å². The Bertz CT molecular complexity index is 1100. The van der Waals surface area contributed by atoms with Gasteiger partial charge in [-0.05, 0) is 48.4 Å². The first kappa shape index (κ1) is 22.9. The summed E-state index contributed by atoms with van der Waals surface area (Å²) in [5, 5.41) is 14.9. The lowest BCUT2D eigenvalue weighted by atomic mass is 10.1. The molecular weight excluding hydrogens is 431 g/mol. The smallest absolute Gasteiger partial charge is 0.493 e. The Labute approximate surface area is 181 Å². The topological polar surface area (TPSA) is 107 Å². The molecule has 3 aromatic rings. The molecule has 4 rings (SSSR count). The second-order valence-electron chi connectivity index (χ2n) is 6.63. The molecule has 8 nitrogen and oxygen atoms in total. The minimum Gasteiger partial charge on any atom is -0.493 e. The molecule has 1 aromatic heterocycles. The molecule has 170 valence electrons. The summed E-state index contributed by atoms with van der Waals surface area (Å²) >= 11 is 0. The number of fused-ring (bicyclic) bond motifs is 1. The third-order valence-electron chi connectivity index (χ3n) is 4.44. The number of aromatic nitrogens is 2.